The van der Waals surface area contributed by atoms with Gasteiger partial charge >= 0.3 is 5.63 Å². The SMILES string of the molecule is Cc1ccc([N+](=O)[O-])cc1NC(=O)c1cc2ccccc2oc1=O. The molecule has 3 rings (SSSR count). The number of non-ortho nitro benzene ring substituents is 1. The number of aryl methyl sites for hydroxylation is 1. The molecule has 120 valence electrons. The molecule has 7 heteroatoms. The van der Waals surface area contributed by atoms with Crippen LogP contribution in [0.2, 0.25) is 0 Å². The summed E-state index contributed by atoms with van der Waals surface area (Å²) < 4.78 is 5.12. The van der Waals surface area contributed by atoms with Gasteiger partial charge in [0.15, 0.2) is 0 Å². The molecule has 0 aliphatic heterocycles. The van der Waals surface area contributed by atoms with Crippen molar-refractivity contribution in [3.63, 3.8) is 0 Å². The number of carbonyl (C=O) groups is 1. The van der Waals surface area contributed by atoms with E-state index < -0.39 is 16.5 Å². The van der Waals surface area contributed by atoms with Crippen molar-refractivity contribution in [3.05, 3.63) is 80.2 Å². The number of nitrogens with one attached hydrogen (secondary N) is 1. The van der Waals surface area contributed by atoms with Gasteiger partial charge in [-0.3, -0.25) is 14.9 Å². The lowest BCUT2D eigenvalue weighted by molar-refractivity contribution is -0.384. The van der Waals surface area contributed by atoms with E-state index >= 15 is 0 Å². The van der Waals surface area contributed by atoms with Crippen molar-refractivity contribution in [1.82, 2.24) is 0 Å². The van der Waals surface area contributed by atoms with Crippen molar-refractivity contribution >= 4 is 28.3 Å². The molecule has 1 N–H and O–H groups in total. The summed E-state index contributed by atoms with van der Waals surface area (Å²) in [4.78, 5) is 34.7. The minimum absolute atomic E-state index is 0.151. The van der Waals surface area contributed by atoms with Gasteiger partial charge in [-0.2, -0.15) is 0 Å². The average molecular weight is 324 g/mol. The van der Waals surface area contributed by atoms with Gasteiger partial charge < -0.3 is 9.73 Å². The molecule has 7 nitrogen and oxygen atoms in total. The number of nitrogens with zero attached hydrogens (tertiary/aromatic N) is 1. The van der Waals surface area contributed by atoms with E-state index in [4.69, 9.17) is 4.42 Å². The molecule has 0 saturated heterocycles. The van der Waals surface area contributed by atoms with Crippen molar-refractivity contribution in [1.29, 1.82) is 0 Å². The molecule has 0 spiro atoms. The third-order valence-electron chi connectivity index (χ3n) is 3.57. The van der Waals surface area contributed by atoms with Gasteiger partial charge in [0.2, 0.25) is 0 Å². The Bertz CT molecular complexity index is 1020. The fourth-order valence-corrected chi connectivity index (χ4v) is 2.27. The van der Waals surface area contributed by atoms with E-state index in [-0.39, 0.29) is 16.9 Å². The van der Waals surface area contributed by atoms with Crippen LogP contribution in [0.3, 0.4) is 0 Å². The van der Waals surface area contributed by atoms with E-state index in [1.807, 2.05) is 0 Å². The largest absolute Gasteiger partial charge is 0.422 e. The lowest BCUT2D eigenvalue weighted by Gasteiger charge is -2.08. The zero-order valence-corrected chi connectivity index (χ0v) is 12.6. The highest BCUT2D eigenvalue weighted by molar-refractivity contribution is 6.05. The first-order chi connectivity index (χ1) is 11.5. The maximum Gasteiger partial charge on any atom is 0.349 e. The number of nitro benzene ring substituents is 1. The molecule has 1 amide bonds. The van der Waals surface area contributed by atoms with Gasteiger partial charge in [-0.15, -0.1) is 0 Å². The molecule has 3 aromatic rings. The number of fused-ring (bicyclic) bond motifs is 1. The zero-order chi connectivity index (χ0) is 17.3. The molecule has 2 aromatic carbocycles. The van der Waals surface area contributed by atoms with Crippen LogP contribution >= 0.6 is 0 Å². The number of nitro groups is 1. The maximum absolute atomic E-state index is 12.4. The quantitative estimate of drug-likeness (QED) is 0.452. The van der Waals surface area contributed by atoms with Crippen LogP contribution in [0.4, 0.5) is 11.4 Å². The summed E-state index contributed by atoms with van der Waals surface area (Å²) in [6.45, 7) is 1.70. The highest BCUT2D eigenvalue weighted by Gasteiger charge is 2.16. The molecule has 24 heavy (non-hydrogen) atoms. The second-order valence-corrected chi connectivity index (χ2v) is 5.20. The molecular formula is C17H12N2O5. The van der Waals surface area contributed by atoms with Crippen LogP contribution < -0.4 is 10.9 Å². The number of benzene rings is 2. The van der Waals surface area contributed by atoms with Gasteiger partial charge in [-0.05, 0) is 24.6 Å². The summed E-state index contributed by atoms with van der Waals surface area (Å²) in [5.74, 6) is -0.682. The molecule has 0 atom stereocenters. The number of anilines is 1. The van der Waals surface area contributed by atoms with Crippen LogP contribution in [0.5, 0.6) is 0 Å². The molecule has 0 bridgehead atoms. The van der Waals surface area contributed by atoms with Crippen molar-refractivity contribution < 1.29 is 14.1 Å². The normalized spacial score (nSPS) is 10.5. The lowest BCUT2D eigenvalue weighted by Crippen LogP contribution is -2.21. The number of hydrogen-bond donors (Lipinski definition) is 1. The number of para-hydroxylation sites is 1. The minimum atomic E-state index is -0.769. The summed E-state index contributed by atoms with van der Waals surface area (Å²) in [5, 5.41) is 14.0. The number of carbonyl (C=O) groups excluding carboxylic acids is 1. The Morgan fingerprint density at radius 2 is 1.92 bits per heavy atom. The molecule has 0 fully saturated rings. The van der Waals surface area contributed by atoms with Gasteiger partial charge in [-0.25, -0.2) is 4.79 Å². The first-order valence-electron chi connectivity index (χ1n) is 7.05. The highest BCUT2D eigenvalue weighted by Crippen LogP contribution is 2.22. The number of amides is 1. The smallest absolute Gasteiger partial charge is 0.349 e. The molecule has 0 radical (unpaired) electrons. The summed E-state index contributed by atoms with van der Waals surface area (Å²) in [6, 6.07) is 12.4. The van der Waals surface area contributed by atoms with Crippen LogP contribution in [0.1, 0.15) is 15.9 Å². The van der Waals surface area contributed by atoms with Gasteiger partial charge in [-0.1, -0.05) is 24.3 Å². The van der Waals surface area contributed by atoms with Crippen molar-refractivity contribution in [3.8, 4) is 0 Å². The van der Waals surface area contributed by atoms with E-state index in [1.165, 1.54) is 24.3 Å². The topological polar surface area (TPSA) is 102 Å². The van der Waals surface area contributed by atoms with Crippen molar-refractivity contribution in [2.75, 3.05) is 5.32 Å². The van der Waals surface area contributed by atoms with Gasteiger partial charge in [0.25, 0.3) is 11.6 Å². The molecule has 0 aliphatic carbocycles. The summed E-state index contributed by atoms with van der Waals surface area (Å²) in [6.07, 6.45) is 0. The second kappa shape index (κ2) is 5.96. The molecule has 0 aliphatic rings. The van der Waals surface area contributed by atoms with Gasteiger partial charge in [0.05, 0.1) is 10.6 Å². The summed E-state index contributed by atoms with van der Waals surface area (Å²) in [5.41, 5.74) is 0.196. The third kappa shape index (κ3) is 2.87. The predicted molar refractivity (Wildman–Crippen MR) is 88.3 cm³/mol. The molecule has 0 saturated carbocycles. The van der Waals surface area contributed by atoms with Crippen molar-refractivity contribution in [2.45, 2.75) is 6.92 Å². The van der Waals surface area contributed by atoms with Crippen LogP contribution in [0.25, 0.3) is 11.0 Å². The Morgan fingerprint density at radius 3 is 2.67 bits per heavy atom. The standard InChI is InChI=1S/C17H12N2O5/c1-10-6-7-12(19(22)23)9-14(10)18-16(20)13-8-11-4-2-3-5-15(11)24-17(13)21/h2-9H,1H3,(H,18,20). The van der Waals surface area contributed by atoms with E-state index in [2.05, 4.69) is 5.32 Å². The Hall–Kier alpha value is -3.48. The van der Waals surface area contributed by atoms with Crippen LogP contribution in [-0.4, -0.2) is 10.8 Å². The fourth-order valence-electron chi connectivity index (χ4n) is 2.27. The Kier molecular flexibility index (Phi) is 3.83. The fraction of sp³-hybridized carbons (Fsp3) is 0.0588. The first kappa shape index (κ1) is 15.4. The Labute approximate surface area is 135 Å². The lowest BCUT2D eigenvalue weighted by atomic mass is 10.1. The van der Waals surface area contributed by atoms with Crippen LogP contribution in [0.15, 0.2) is 57.7 Å². The van der Waals surface area contributed by atoms with Crippen molar-refractivity contribution in [2.24, 2.45) is 0 Å². The van der Waals surface area contributed by atoms with E-state index in [0.717, 1.165) is 0 Å². The van der Waals surface area contributed by atoms with Crippen LogP contribution in [0, 0.1) is 17.0 Å². The third-order valence-corrected chi connectivity index (χ3v) is 3.57. The van der Waals surface area contributed by atoms with E-state index in [0.29, 0.717) is 16.5 Å². The van der Waals surface area contributed by atoms with Gasteiger partial charge in [0, 0.05) is 17.5 Å². The zero-order valence-electron chi connectivity index (χ0n) is 12.6. The average Bonchev–Trinajstić information content (AvgIpc) is 2.55. The monoisotopic (exact) mass is 324 g/mol. The van der Waals surface area contributed by atoms with Crippen LogP contribution in [-0.2, 0) is 0 Å². The molecular weight excluding hydrogens is 312 g/mol. The minimum Gasteiger partial charge on any atom is -0.422 e. The summed E-state index contributed by atoms with van der Waals surface area (Å²) in [7, 11) is 0. The second-order valence-electron chi connectivity index (χ2n) is 5.20. The Morgan fingerprint density at radius 1 is 1.17 bits per heavy atom. The predicted octanol–water partition coefficient (Wildman–Crippen LogP) is 3.26. The maximum atomic E-state index is 12.4. The van der Waals surface area contributed by atoms with E-state index in [9.17, 15) is 19.7 Å². The number of hydrogen-bond acceptors (Lipinski definition) is 5. The van der Waals surface area contributed by atoms with E-state index in [1.54, 1.807) is 31.2 Å². The van der Waals surface area contributed by atoms with Gasteiger partial charge in [0.1, 0.15) is 11.1 Å². The molecule has 1 heterocycles. The first-order valence-corrected chi connectivity index (χ1v) is 7.05. The summed E-state index contributed by atoms with van der Waals surface area (Å²) >= 11 is 0. The molecule has 1 aromatic heterocycles. The number of rotatable bonds is 3. The molecule has 0 unspecified atom stereocenters. The highest BCUT2D eigenvalue weighted by atomic mass is 16.6. The Balaban J connectivity index is 1.99.